The van der Waals surface area contributed by atoms with Gasteiger partial charge in [0.2, 0.25) is 11.8 Å². The Balaban J connectivity index is 1.58. The van der Waals surface area contributed by atoms with Gasteiger partial charge in [-0.15, -0.1) is 0 Å². The lowest BCUT2D eigenvalue weighted by Gasteiger charge is -2.34. The number of carbonyl (C=O) groups excluding carboxylic acids is 1. The van der Waals surface area contributed by atoms with E-state index >= 15 is 4.39 Å². The van der Waals surface area contributed by atoms with Crippen LogP contribution in [0.15, 0.2) is 36.7 Å². The van der Waals surface area contributed by atoms with Crippen molar-refractivity contribution in [3.05, 3.63) is 36.7 Å². The first kappa shape index (κ1) is 30.6. The first-order chi connectivity index (χ1) is 19.3. The molecule has 1 aliphatic heterocycles. The second kappa shape index (κ2) is 11.9. The third kappa shape index (κ3) is 6.44. The van der Waals surface area contributed by atoms with Gasteiger partial charge in [0.25, 0.3) is 0 Å². The third-order valence-corrected chi connectivity index (χ3v) is 7.92. The molecule has 5 unspecified atom stereocenters. The van der Waals surface area contributed by atoms with Crippen molar-refractivity contribution in [2.45, 2.75) is 64.3 Å². The van der Waals surface area contributed by atoms with E-state index in [1.54, 1.807) is 39.0 Å². The molecule has 0 radical (unpaired) electrons. The monoisotopic (exact) mass is 596 g/mol. The molecule has 41 heavy (non-hydrogen) atoms. The fraction of sp³-hybridized carbons (Fsp3) is 0.520. The zero-order valence-corrected chi connectivity index (χ0v) is 24.2. The SMILES string of the molecule is CCOc1nc(N)nc2c1ncn2C1OCC(O)(COP(=O)(NC(C)C(=O)OC(C)C)Oc2ccccc2)C1(C)F. The normalized spacial score (nSPS) is 24.7. The summed E-state index contributed by atoms with van der Waals surface area (Å²) in [5.41, 5.74) is 1.30. The number of ether oxygens (including phenoxy) is 3. The van der Waals surface area contributed by atoms with Crippen LogP contribution in [0.4, 0.5) is 10.3 Å². The van der Waals surface area contributed by atoms with Gasteiger partial charge in [-0.3, -0.25) is 13.9 Å². The number of hydrogen-bond acceptors (Lipinski definition) is 12. The molecular formula is C25H34FN6O8P. The molecule has 4 rings (SSSR count). The molecule has 1 aromatic carbocycles. The number of nitrogens with one attached hydrogen (secondary N) is 1. The van der Waals surface area contributed by atoms with E-state index in [-0.39, 0.29) is 35.3 Å². The van der Waals surface area contributed by atoms with Crippen molar-refractivity contribution >= 4 is 30.8 Å². The molecule has 0 spiro atoms. The lowest BCUT2D eigenvalue weighted by atomic mass is 9.88. The van der Waals surface area contributed by atoms with Crippen LogP contribution in [0, 0.1) is 0 Å². The third-order valence-electron chi connectivity index (χ3n) is 6.29. The fourth-order valence-electron chi connectivity index (χ4n) is 4.11. The lowest BCUT2D eigenvalue weighted by Crippen LogP contribution is -2.53. The van der Waals surface area contributed by atoms with E-state index in [4.69, 9.17) is 29.0 Å². The summed E-state index contributed by atoms with van der Waals surface area (Å²) < 4.78 is 59.0. The van der Waals surface area contributed by atoms with Gasteiger partial charge >= 0.3 is 13.7 Å². The summed E-state index contributed by atoms with van der Waals surface area (Å²) in [6.07, 6.45) is -0.594. The molecule has 5 atom stereocenters. The van der Waals surface area contributed by atoms with E-state index in [1.807, 2.05) is 0 Å². The quantitative estimate of drug-likeness (QED) is 0.205. The number of imidazole rings is 1. The maximum absolute atomic E-state index is 16.5. The van der Waals surface area contributed by atoms with E-state index in [1.165, 1.54) is 30.0 Å². The zero-order chi connectivity index (χ0) is 30.0. The van der Waals surface area contributed by atoms with Crippen LogP contribution in [-0.2, 0) is 23.4 Å². The highest BCUT2D eigenvalue weighted by Gasteiger charge is 2.61. The molecule has 1 fully saturated rings. The van der Waals surface area contributed by atoms with Gasteiger partial charge in [0.1, 0.15) is 17.4 Å². The van der Waals surface area contributed by atoms with Crippen molar-refractivity contribution in [3.63, 3.8) is 0 Å². The van der Waals surface area contributed by atoms with Gasteiger partial charge in [0, 0.05) is 0 Å². The summed E-state index contributed by atoms with van der Waals surface area (Å²) in [6.45, 7) is 6.48. The number of anilines is 1. The number of alkyl halides is 1. The van der Waals surface area contributed by atoms with E-state index in [9.17, 15) is 14.5 Å². The van der Waals surface area contributed by atoms with Crippen LogP contribution >= 0.6 is 7.75 Å². The van der Waals surface area contributed by atoms with E-state index in [2.05, 4.69) is 20.0 Å². The number of hydrogen-bond donors (Lipinski definition) is 3. The molecule has 14 nitrogen and oxygen atoms in total. The second-order valence-electron chi connectivity index (χ2n) is 9.93. The number of nitrogens with two attached hydrogens (primary N) is 1. The molecule has 3 aromatic rings. The maximum Gasteiger partial charge on any atom is 0.459 e. The van der Waals surface area contributed by atoms with Gasteiger partial charge in [0.05, 0.1) is 32.3 Å². The highest BCUT2D eigenvalue weighted by molar-refractivity contribution is 7.52. The van der Waals surface area contributed by atoms with Crippen LogP contribution in [-0.4, -0.2) is 73.8 Å². The number of aromatic nitrogens is 4. The number of benzene rings is 1. The Kier molecular flexibility index (Phi) is 8.85. The standard InChI is InChI=1S/C25H34FN6O8P/c1-6-36-20-18-19(29-23(27)30-20)32(14-28-18)22-24(5,26)25(34,12-37-22)13-38-41(35,40-17-10-8-7-9-11-17)31-16(4)21(33)39-15(2)3/h7-11,14-16,22,34H,6,12-13H2,1-5H3,(H,31,35)(H2,27,29,30). The number of rotatable bonds is 12. The molecule has 0 bridgehead atoms. The number of nitrogen functional groups attached to an aromatic ring is 1. The molecule has 1 saturated heterocycles. The summed E-state index contributed by atoms with van der Waals surface area (Å²) in [5.74, 6) is -0.579. The van der Waals surface area contributed by atoms with Gasteiger partial charge in [-0.25, -0.2) is 13.9 Å². The van der Waals surface area contributed by atoms with Crippen molar-refractivity contribution in [2.75, 3.05) is 25.6 Å². The topological polar surface area (TPSA) is 182 Å². The van der Waals surface area contributed by atoms with Crippen LogP contribution in [0.25, 0.3) is 11.2 Å². The average Bonchev–Trinajstić information content (AvgIpc) is 3.40. The van der Waals surface area contributed by atoms with Crippen LogP contribution in [0.2, 0.25) is 0 Å². The predicted octanol–water partition coefficient (Wildman–Crippen LogP) is 2.93. The minimum atomic E-state index is -4.39. The molecule has 0 saturated carbocycles. The van der Waals surface area contributed by atoms with E-state index < -0.39 is 56.6 Å². The molecule has 3 heterocycles. The fourth-order valence-corrected chi connectivity index (χ4v) is 5.65. The van der Waals surface area contributed by atoms with Gasteiger partial charge in [-0.2, -0.15) is 15.1 Å². The van der Waals surface area contributed by atoms with Crippen molar-refractivity contribution in [3.8, 4) is 11.6 Å². The zero-order valence-electron chi connectivity index (χ0n) is 23.3. The molecule has 0 aliphatic carbocycles. The molecule has 4 N–H and O–H groups in total. The van der Waals surface area contributed by atoms with Crippen molar-refractivity contribution in [2.24, 2.45) is 0 Å². The average molecular weight is 597 g/mol. The van der Waals surface area contributed by atoms with Gasteiger partial charge in [-0.05, 0) is 46.8 Å². The highest BCUT2D eigenvalue weighted by atomic mass is 31.2. The molecule has 224 valence electrons. The summed E-state index contributed by atoms with van der Waals surface area (Å²) in [5, 5.41) is 13.9. The highest BCUT2D eigenvalue weighted by Crippen LogP contribution is 2.50. The van der Waals surface area contributed by atoms with Crippen LogP contribution in [0.1, 0.15) is 40.8 Å². The van der Waals surface area contributed by atoms with E-state index in [0.29, 0.717) is 0 Å². The van der Waals surface area contributed by atoms with Crippen LogP contribution in [0.3, 0.4) is 0 Å². The molecule has 16 heteroatoms. The van der Waals surface area contributed by atoms with Crippen LogP contribution in [0.5, 0.6) is 11.6 Å². The van der Waals surface area contributed by atoms with Crippen molar-refractivity contribution < 1.29 is 42.1 Å². The van der Waals surface area contributed by atoms with Gasteiger partial charge in [-0.1, -0.05) is 18.2 Å². The summed E-state index contributed by atoms with van der Waals surface area (Å²) >= 11 is 0. The Morgan fingerprint density at radius 1 is 1.32 bits per heavy atom. The molecule has 1 aliphatic rings. The summed E-state index contributed by atoms with van der Waals surface area (Å²) in [4.78, 5) is 24.8. The smallest absolute Gasteiger partial charge is 0.459 e. The number of nitrogens with zero attached hydrogens (tertiary/aromatic N) is 4. The number of esters is 1. The predicted molar refractivity (Wildman–Crippen MR) is 145 cm³/mol. The lowest BCUT2D eigenvalue weighted by molar-refractivity contribution is -0.149. The number of para-hydroxylation sites is 1. The molecule has 0 amide bonds. The molecule has 2 aromatic heterocycles. The minimum absolute atomic E-state index is 0.112. The Labute approximate surface area is 235 Å². The Hall–Kier alpha value is -3.36. The van der Waals surface area contributed by atoms with Gasteiger partial charge < -0.3 is 29.6 Å². The molecular weight excluding hydrogens is 562 g/mol. The number of halogens is 1. The summed E-state index contributed by atoms with van der Waals surface area (Å²) in [7, 11) is -4.39. The Morgan fingerprint density at radius 2 is 2.02 bits per heavy atom. The van der Waals surface area contributed by atoms with Crippen molar-refractivity contribution in [1.82, 2.24) is 24.6 Å². The second-order valence-corrected chi connectivity index (χ2v) is 11.6. The minimum Gasteiger partial charge on any atom is -0.476 e. The van der Waals surface area contributed by atoms with Crippen molar-refractivity contribution in [1.29, 1.82) is 0 Å². The first-order valence-corrected chi connectivity index (χ1v) is 14.5. The van der Waals surface area contributed by atoms with Gasteiger partial charge in [0.15, 0.2) is 23.1 Å². The van der Waals surface area contributed by atoms with Crippen LogP contribution < -0.4 is 20.1 Å². The first-order valence-electron chi connectivity index (χ1n) is 12.9. The number of fused-ring (bicyclic) bond motifs is 1. The van der Waals surface area contributed by atoms with E-state index in [0.717, 1.165) is 6.92 Å². The largest absolute Gasteiger partial charge is 0.476 e. The Bertz CT molecular complexity index is 1420. The maximum atomic E-state index is 16.5. The Morgan fingerprint density at radius 3 is 2.68 bits per heavy atom. The number of aliphatic hydroxyl groups is 1. The number of carbonyl (C=O) groups is 1. The summed E-state index contributed by atoms with van der Waals surface area (Å²) in [6, 6.07) is 6.91.